The maximum Gasteiger partial charge on any atom is 0.408 e. The first-order valence-corrected chi connectivity index (χ1v) is 8.52. The highest BCUT2D eigenvalue weighted by molar-refractivity contribution is 9.10. The van der Waals surface area contributed by atoms with Gasteiger partial charge in [-0.1, -0.05) is 6.08 Å². The molecule has 0 spiro atoms. The number of nitrogens with zero attached hydrogens (tertiary/aromatic N) is 1. The average Bonchev–Trinajstić information content (AvgIpc) is 2.45. The smallest absolute Gasteiger partial charge is 0.408 e. The molecule has 23 heavy (non-hydrogen) atoms. The summed E-state index contributed by atoms with van der Waals surface area (Å²) in [7, 11) is 0. The molecule has 0 saturated heterocycles. The minimum absolute atomic E-state index is 0.286. The zero-order chi connectivity index (χ0) is 17.0. The molecule has 0 aliphatic carbocycles. The van der Waals surface area contributed by atoms with Gasteiger partial charge in [0, 0.05) is 0 Å². The third-order valence-electron chi connectivity index (χ3n) is 3.27. The second kappa shape index (κ2) is 7.34. The summed E-state index contributed by atoms with van der Waals surface area (Å²) < 4.78 is 11.8. The summed E-state index contributed by atoms with van der Waals surface area (Å²) in [5.41, 5.74) is 1.15. The number of pyridine rings is 1. The zero-order valence-corrected chi connectivity index (χ0v) is 15.4. The molecule has 2 heterocycles. The predicted octanol–water partition coefficient (Wildman–Crippen LogP) is 4.31. The lowest BCUT2D eigenvalue weighted by atomic mass is 10.1. The maximum absolute atomic E-state index is 12.1. The van der Waals surface area contributed by atoms with Crippen LogP contribution in [0.1, 0.15) is 51.0 Å². The molecule has 2 rings (SSSR count). The van der Waals surface area contributed by atoms with E-state index in [1.54, 1.807) is 6.08 Å². The lowest BCUT2D eigenvalue weighted by Gasteiger charge is -2.24. The molecule has 1 aromatic heterocycles. The van der Waals surface area contributed by atoms with Gasteiger partial charge in [-0.05, 0) is 62.0 Å². The van der Waals surface area contributed by atoms with Crippen molar-refractivity contribution in [3.63, 3.8) is 0 Å². The fourth-order valence-corrected chi connectivity index (χ4v) is 2.93. The van der Waals surface area contributed by atoms with Crippen LogP contribution in [-0.2, 0) is 11.2 Å². The van der Waals surface area contributed by atoms with Crippen LogP contribution < -0.4 is 10.1 Å². The Morgan fingerprint density at radius 2 is 2.35 bits per heavy atom. The molecule has 0 aromatic carbocycles. The predicted molar refractivity (Wildman–Crippen MR) is 92.7 cm³/mol. The van der Waals surface area contributed by atoms with Gasteiger partial charge in [0.1, 0.15) is 5.60 Å². The summed E-state index contributed by atoms with van der Waals surface area (Å²) in [6, 6.07) is 1.60. The van der Waals surface area contributed by atoms with Gasteiger partial charge in [0.2, 0.25) is 0 Å². The monoisotopic (exact) mass is 382 g/mol. The third-order valence-corrected chi connectivity index (χ3v) is 3.86. The van der Waals surface area contributed by atoms with Crippen molar-refractivity contribution in [2.75, 3.05) is 6.61 Å². The van der Waals surface area contributed by atoms with E-state index in [0.29, 0.717) is 13.0 Å². The van der Waals surface area contributed by atoms with Crippen LogP contribution in [0.3, 0.4) is 0 Å². The van der Waals surface area contributed by atoms with E-state index in [1.807, 2.05) is 26.8 Å². The SMILES string of the molecule is C=CC[C@H](NC(=O)OC(C)(C)C)c1cc(Br)c2c(n1)CCCO2. The van der Waals surface area contributed by atoms with Crippen molar-refractivity contribution >= 4 is 22.0 Å². The fraction of sp³-hybridized carbons (Fsp3) is 0.529. The lowest BCUT2D eigenvalue weighted by molar-refractivity contribution is 0.0503. The van der Waals surface area contributed by atoms with Crippen LogP contribution in [0.5, 0.6) is 5.75 Å². The Balaban J connectivity index is 2.22. The van der Waals surface area contributed by atoms with Gasteiger partial charge in [-0.2, -0.15) is 0 Å². The number of hydrogen-bond acceptors (Lipinski definition) is 4. The van der Waals surface area contributed by atoms with Gasteiger partial charge in [-0.15, -0.1) is 6.58 Å². The second-order valence-corrected chi connectivity index (χ2v) is 7.33. The van der Waals surface area contributed by atoms with E-state index < -0.39 is 11.7 Å². The maximum atomic E-state index is 12.1. The molecule has 6 heteroatoms. The Kier molecular flexibility index (Phi) is 5.68. The first kappa shape index (κ1) is 17.8. The number of fused-ring (bicyclic) bond motifs is 1. The normalized spacial score (nSPS) is 15.1. The molecule has 126 valence electrons. The van der Waals surface area contributed by atoms with Crippen LogP contribution in [-0.4, -0.2) is 23.3 Å². The first-order chi connectivity index (χ1) is 10.8. The van der Waals surface area contributed by atoms with E-state index in [4.69, 9.17) is 9.47 Å². The van der Waals surface area contributed by atoms with Gasteiger partial charge in [-0.25, -0.2) is 4.79 Å². The van der Waals surface area contributed by atoms with Crippen molar-refractivity contribution in [2.24, 2.45) is 0 Å². The number of carbonyl (C=O) groups is 1. The zero-order valence-electron chi connectivity index (χ0n) is 13.8. The van der Waals surface area contributed by atoms with E-state index in [0.717, 1.165) is 34.5 Å². The summed E-state index contributed by atoms with van der Waals surface area (Å²) in [6.45, 7) is 9.97. The molecule has 0 bridgehead atoms. The van der Waals surface area contributed by atoms with Gasteiger partial charge in [0.15, 0.2) is 5.75 Å². The summed E-state index contributed by atoms with van der Waals surface area (Å²) in [6.07, 6.45) is 3.68. The number of nitrogens with one attached hydrogen (secondary N) is 1. The molecule has 0 saturated carbocycles. The summed E-state index contributed by atoms with van der Waals surface area (Å²) >= 11 is 3.53. The molecule has 1 aromatic rings. The molecule has 1 N–H and O–H groups in total. The van der Waals surface area contributed by atoms with Gasteiger partial charge in [0.25, 0.3) is 0 Å². The Morgan fingerprint density at radius 3 is 3.00 bits per heavy atom. The number of ether oxygens (including phenoxy) is 2. The quantitative estimate of drug-likeness (QED) is 0.788. The van der Waals surface area contributed by atoms with Crippen molar-refractivity contribution in [1.29, 1.82) is 0 Å². The third kappa shape index (κ3) is 4.96. The molecule has 0 radical (unpaired) electrons. The molecule has 1 aliphatic rings. The Morgan fingerprint density at radius 1 is 1.61 bits per heavy atom. The fourth-order valence-electron chi connectivity index (χ4n) is 2.36. The topological polar surface area (TPSA) is 60.5 Å². The molecular formula is C17H23BrN2O3. The van der Waals surface area contributed by atoms with Crippen LogP contribution >= 0.6 is 15.9 Å². The van der Waals surface area contributed by atoms with Crippen molar-refractivity contribution in [2.45, 2.75) is 51.7 Å². The van der Waals surface area contributed by atoms with Gasteiger partial charge in [0.05, 0.1) is 28.5 Å². The lowest BCUT2D eigenvalue weighted by Crippen LogP contribution is -2.35. The Labute approximate surface area is 145 Å². The van der Waals surface area contributed by atoms with Gasteiger partial charge >= 0.3 is 6.09 Å². The summed E-state index contributed by atoms with van der Waals surface area (Å²) in [5.74, 6) is 0.801. The number of hydrogen-bond donors (Lipinski definition) is 1. The summed E-state index contributed by atoms with van der Waals surface area (Å²) in [5, 5.41) is 2.87. The number of alkyl carbamates (subject to hydrolysis) is 1. The molecule has 5 nitrogen and oxygen atoms in total. The summed E-state index contributed by atoms with van der Waals surface area (Å²) in [4.78, 5) is 16.7. The molecule has 0 unspecified atom stereocenters. The van der Waals surface area contributed by atoms with E-state index in [2.05, 4.69) is 32.8 Å². The molecule has 1 aliphatic heterocycles. The van der Waals surface area contributed by atoms with Crippen LogP contribution in [0.4, 0.5) is 4.79 Å². The Hall–Kier alpha value is -1.56. The number of halogens is 1. The highest BCUT2D eigenvalue weighted by Crippen LogP contribution is 2.34. The molecule has 1 amide bonds. The number of carbonyl (C=O) groups excluding carboxylic acids is 1. The standard InChI is InChI=1S/C17H23BrN2O3/c1-5-7-12(20-16(21)23-17(2,3)4)14-10-11(18)15-13(19-14)8-6-9-22-15/h5,10,12H,1,6-9H2,2-4H3,(H,20,21)/t12-/m0/s1. The van der Waals surface area contributed by atoms with Crippen molar-refractivity contribution in [3.05, 3.63) is 34.6 Å². The molecule has 0 fully saturated rings. The van der Waals surface area contributed by atoms with Crippen molar-refractivity contribution < 1.29 is 14.3 Å². The number of aryl methyl sites for hydroxylation is 1. The Bertz CT molecular complexity index is 596. The second-order valence-electron chi connectivity index (χ2n) is 6.48. The number of rotatable bonds is 4. The minimum Gasteiger partial charge on any atom is -0.490 e. The van der Waals surface area contributed by atoms with E-state index in [1.165, 1.54) is 0 Å². The van der Waals surface area contributed by atoms with Crippen LogP contribution in [0.2, 0.25) is 0 Å². The number of aromatic nitrogens is 1. The largest absolute Gasteiger partial charge is 0.490 e. The molecular weight excluding hydrogens is 360 g/mol. The van der Waals surface area contributed by atoms with Crippen LogP contribution in [0.15, 0.2) is 23.2 Å². The van der Waals surface area contributed by atoms with Gasteiger partial charge < -0.3 is 14.8 Å². The van der Waals surface area contributed by atoms with Crippen LogP contribution in [0, 0.1) is 0 Å². The first-order valence-electron chi connectivity index (χ1n) is 7.72. The van der Waals surface area contributed by atoms with Crippen molar-refractivity contribution in [3.8, 4) is 5.75 Å². The molecule has 1 atom stereocenters. The van der Waals surface area contributed by atoms with Crippen LogP contribution in [0.25, 0.3) is 0 Å². The number of amides is 1. The highest BCUT2D eigenvalue weighted by atomic mass is 79.9. The van der Waals surface area contributed by atoms with E-state index >= 15 is 0 Å². The van der Waals surface area contributed by atoms with E-state index in [9.17, 15) is 4.79 Å². The van der Waals surface area contributed by atoms with Gasteiger partial charge in [-0.3, -0.25) is 4.98 Å². The highest BCUT2D eigenvalue weighted by Gasteiger charge is 2.23. The average molecular weight is 383 g/mol. The van der Waals surface area contributed by atoms with E-state index in [-0.39, 0.29) is 6.04 Å². The van der Waals surface area contributed by atoms with Crippen molar-refractivity contribution in [1.82, 2.24) is 10.3 Å². The minimum atomic E-state index is -0.541.